The van der Waals surface area contributed by atoms with Crippen molar-refractivity contribution >= 4 is 11.9 Å². The zero-order valence-corrected chi connectivity index (χ0v) is 11.3. The van der Waals surface area contributed by atoms with Crippen LogP contribution in [0.2, 0.25) is 0 Å². The quantitative estimate of drug-likeness (QED) is 0.792. The molecule has 1 amide bonds. The normalized spacial score (nSPS) is 17.8. The molecule has 0 radical (unpaired) electrons. The van der Waals surface area contributed by atoms with Gasteiger partial charge >= 0.3 is 5.97 Å². The van der Waals surface area contributed by atoms with Gasteiger partial charge in [0.05, 0.1) is 11.7 Å². The Labute approximate surface area is 111 Å². The molecule has 2 N–H and O–H groups in total. The van der Waals surface area contributed by atoms with Crippen LogP contribution in [-0.4, -0.2) is 22.1 Å². The molecule has 0 bridgehead atoms. The van der Waals surface area contributed by atoms with E-state index in [1.165, 1.54) is 0 Å². The second kappa shape index (κ2) is 4.68. The summed E-state index contributed by atoms with van der Waals surface area (Å²) in [4.78, 5) is 23.2. The molecule has 1 heterocycles. The fourth-order valence-electron chi connectivity index (χ4n) is 2.33. The summed E-state index contributed by atoms with van der Waals surface area (Å²) in [6.45, 7) is 5.52. The van der Waals surface area contributed by atoms with Crippen molar-refractivity contribution in [1.29, 1.82) is 0 Å². The first-order valence-corrected chi connectivity index (χ1v) is 6.39. The SMILES string of the molecule is CCC(NC(=O)C1(C(=O)O)CC1)c1c(C)noc1C. The number of hydrogen-bond acceptors (Lipinski definition) is 4. The van der Waals surface area contributed by atoms with Gasteiger partial charge in [-0.15, -0.1) is 0 Å². The molecule has 1 aliphatic carbocycles. The van der Waals surface area contributed by atoms with Crippen LogP contribution in [0.15, 0.2) is 4.52 Å². The van der Waals surface area contributed by atoms with Gasteiger partial charge in [-0.2, -0.15) is 0 Å². The monoisotopic (exact) mass is 266 g/mol. The van der Waals surface area contributed by atoms with Crippen molar-refractivity contribution in [2.45, 2.75) is 46.1 Å². The first-order valence-electron chi connectivity index (χ1n) is 6.39. The summed E-state index contributed by atoms with van der Waals surface area (Å²) in [7, 11) is 0. The standard InChI is InChI=1S/C13H18N2O4/c1-4-9(10-7(2)15-19-8(10)3)14-11(16)13(5-6-13)12(17)18/h9H,4-6H2,1-3H3,(H,14,16)(H,17,18). The molecule has 0 aromatic carbocycles. The zero-order valence-electron chi connectivity index (χ0n) is 11.3. The number of amides is 1. The molecule has 1 unspecified atom stereocenters. The lowest BCUT2D eigenvalue weighted by Crippen LogP contribution is -2.39. The number of aromatic nitrogens is 1. The molecule has 1 aromatic rings. The number of nitrogens with zero attached hydrogens (tertiary/aromatic N) is 1. The molecule has 1 saturated carbocycles. The number of nitrogens with one attached hydrogen (secondary N) is 1. The van der Waals surface area contributed by atoms with Crippen LogP contribution in [0.3, 0.4) is 0 Å². The zero-order chi connectivity index (χ0) is 14.2. The van der Waals surface area contributed by atoms with Gasteiger partial charge in [0, 0.05) is 5.56 Å². The molecular weight excluding hydrogens is 248 g/mol. The highest BCUT2D eigenvalue weighted by Gasteiger charge is 2.57. The Hall–Kier alpha value is -1.85. The van der Waals surface area contributed by atoms with Crippen molar-refractivity contribution in [1.82, 2.24) is 10.5 Å². The maximum Gasteiger partial charge on any atom is 0.319 e. The molecule has 19 heavy (non-hydrogen) atoms. The van der Waals surface area contributed by atoms with Crippen LogP contribution < -0.4 is 5.32 Å². The Balaban J connectivity index is 2.17. The second-order valence-corrected chi connectivity index (χ2v) is 5.06. The summed E-state index contributed by atoms with van der Waals surface area (Å²) in [5.74, 6) is -0.796. The minimum Gasteiger partial charge on any atom is -0.480 e. The molecule has 1 aromatic heterocycles. The minimum absolute atomic E-state index is 0.254. The predicted molar refractivity (Wildman–Crippen MR) is 66.5 cm³/mol. The van der Waals surface area contributed by atoms with E-state index >= 15 is 0 Å². The lowest BCUT2D eigenvalue weighted by atomic mass is 10.0. The van der Waals surface area contributed by atoms with Crippen LogP contribution in [0.5, 0.6) is 0 Å². The van der Waals surface area contributed by atoms with E-state index in [1.54, 1.807) is 6.92 Å². The molecular formula is C13H18N2O4. The first kappa shape index (κ1) is 13.6. The van der Waals surface area contributed by atoms with E-state index in [9.17, 15) is 9.59 Å². The summed E-state index contributed by atoms with van der Waals surface area (Å²) in [6.07, 6.45) is 1.47. The van der Waals surface area contributed by atoms with E-state index in [0.29, 0.717) is 25.0 Å². The van der Waals surface area contributed by atoms with Crippen molar-refractivity contribution in [2.75, 3.05) is 0 Å². The third kappa shape index (κ3) is 2.22. The van der Waals surface area contributed by atoms with Gasteiger partial charge in [0.25, 0.3) is 0 Å². The fourth-order valence-corrected chi connectivity index (χ4v) is 2.33. The lowest BCUT2D eigenvalue weighted by Gasteiger charge is -2.19. The highest BCUT2D eigenvalue weighted by atomic mass is 16.5. The average Bonchev–Trinajstić information content (AvgIpc) is 3.11. The number of hydrogen-bond donors (Lipinski definition) is 2. The average molecular weight is 266 g/mol. The van der Waals surface area contributed by atoms with Gasteiger partial charge in [-0.25, -0.2) is 0 Å². The van der Waals surface area contributed by atoms with Gasteiger partial charge in [-0.1, -0.05) is 12.1 Å². The van der Waals surface area contributed by atoms with E-state index in [0.717, 1.165) is 11.3 Å². The molecule has 104 valence electrons. The summed E-state index contributed by atoms with van der Waals surface area (Å²) in [6, 6.07) is -0.254. The van der Waals surface area contributed by atoms with Gasteiger partial charge < -0.3 is 14.9 Å². The van der Waals surface area contributed by atoms with Gasteiger partial charge in [0.15, 0.2) is 0 Å². The van der Waals surface area contributed by atoms with Crippen molar-refractivity contribution < 1.29 is 19.2 Å². The number of aryl methyl sites for hydroxylation is 2. The third-order valence-electron chi connectivity index (χ3n) is 3.74. The van der Waals surface area contributed by atoms with Crippen molar-refractivity contribution in [2.24, 2.45) is 5.41 Å². The number of carboxylic acids is 1. The molecule has 6 heteroatoms. The molecule has 0 spiro atoms. The maximum absolute atomic E-state index is 12.1. The summed E-state index contributed by atoms with van der Waals surface area (Å²) >= 11 is 0. The van der Waals surface area contributed by atoms with Gasteiger partial charge in [0.2, 0.25) is 5.91 Å². The van der Waals surface area contributed by atoms with Crippen LogP contribution in [0.4, 0.5) is 0 Å². The Morgan fingerprint density at radius 2 is 2.11 bits per heavy atom. The third-order valence-corrected chi connectivity index (χ3v) is 3.74. The smallest absolute Gasteiger partial charge is 0.319 e. The van der Waals surface area contributed by atoms with Crippen LogP contribution in [0.1, 0.15) is 49.2 Å². The predicted octanol–water partition coefficient (Wildman–Crippen LogP) is 1.72. The van der Waals surface area contributed by atoms with E-state index in [4.69, 9.17) is 9.63 Å². The van der Waals surface area contributed by atoms with E-state index < -0.39 is 17.3 Å². The number of carboxylic acid groups (broad SMARTS) is 1. The van der Waals surface area contributed by atoms with Crippen LogP contribution in [0.25, 0.3) is 0 Å². The molecule has 6 nitrogen and oxygen atoms in total. The highest BCUT2D eigenvalue weighted by Crippen LogP contribution is 2.46. The number of carbonyl (C=O) groups excluding carboxylic acids is 1. The molecule has 0 aliphatic heterocycles. The number of aliphatic carboxylic acids is 1. The Kier molecular flexibility index (Phi) is 3.34. The number of rotatable bonds is 5. The van der Waals surface area contributed by atoms with Gasteiger partial charge in [-0.3, -0.25) is 9.59 Å². The van der Waals surface area contributed by atoms with Crippen LogP contribution in [0, 0.1) is 19.3 Å². The Morgan fingerprint density at radius 1 is 1.47 bits per heavy atom. The topological polar surface area (TPSA) is 92.4 Å². The van der Waals surface area contributed by atoms with E-state index in [2.05, 4.69) is 10.5 Å². The van der Waals surface area contributed by atoms with Crippen molar-refractivity contribution in [3.8, 4) is 0 Å². The second-order valence-electron chi connectivity index (χ2n) is 5.06. The van der Waals surface area contributed by atoms with Crippen LogP contribution >= 0.6 is 0 Å². The summed E-state index contributed by atoms with van der Waals surface area (Å²) < 4.78 is 5.09. The van der Waals surface area contributed by atoms with E-state index in [1.807, 2.05) is 13.8 Å². The van der Waals surface area contributed by atoms with Gasteiger partial charge in [0.1, 0.15) is 11.2 Å². The van der Waals surface area contributed by atoms with Gasteiger partial charge in [-0.05, 0) is 33.1 Å². The van der Waals surface area contributed by atoms with E-state index in [-0.39, 0.29) is 6.04 Å². The molecule has 1 atom stereocenters. The lowest BCUT2D eigenvalue weighted by molar-refractivity contribution is -0.149. The molecule has 2 rings (SSSR count). The largest absolute Gasteiger partial charge is 0.480 e. The Morgan fingerprint density at radius 3 is 2.47 bits per heavy atom. The minimum atomic E-state index is -1.22. The molecule has 0 saturated heterocycles. The fraction of sp³-hybridized carbons (Fsp3) is 0.615. The highest BCUT2D eigenvalue weighted by molar-refractivity contribution is 6.04. The summed E-state index contributed by atoms with van der Waals surface area (Å²) in [5, 5.41) is 15.8. The Bertz CT molecular complexity index is 497. The maximum atomic E-state index is 12.1. The van der Waals surface area contributed by atoms with Crippen molar-refractivity contribution in [3.05, 3.63) is 17.0 Å². The molecule has 1 aliphatic rings. The first-order chi connectivity index (χ1) is 8.92. The van der Waals surface area contributed by atoms with Crippen LogP contribution in [-0.2, 0) is 9.59 Å². The van der Waals surface area contributed by atoms with Crippen molar-refractivity contribution in [3.63, 3.8) is 0 Å². The summed E-state index contributed by atoms with van der Waals surface area (Å²) in [5.41, 5.74) is 0.355. The molecule has 1 fully saturated rings. The number of carbonyl (C=O) groups is 2.